The molecule has 4 aromatic rings. The third-order valence-corrected chi connectivity index (χ3v) is 5.44. The van der Waals surface area contributed by atoms with E-state index in [1.54, 1.807) is 18.3 Å². The molecule has 0 saturated carbocycles. The zero-order chi connectivity index (χ0) is 22.2. The molecule has 1 aliphatic rings. The molecular formula is C23H18FN3O5. The highest BCUT2D eigenvalue weighted by atomic mass is 19.1. The molecule has 0 fully saturated rings. The summed E-state index contributed by atoms with van der Waals surface area (Å²) < 4.78 is 25.9. The number of fused-ring (bicyclic) bond motifs is 3. The highest BCUT2D eigenvalue weighted by molar-refractivity contribution is 5.84. The van der Waals surface area contributed by atoms with Gasteiger partial charge in [-0.15, -0.1) is 0 Å². The quantitative estimate of drug-likeness (QED) is 0.525. The van der Waals surface area contributed by atoms with E-state index in [-0.39, 0.29) is 18.7 Å². The van der Waals surface area contributed by atoms with Crippen molar-refractivity contribution in [2.24, 2.45) is 0 Å². The number of carboxylic acid groups (broad SMARTS) is 1. The van der Waals surface area contributed by atoms with Crippen molar-refractivity contribution < 1.29 is 23.4 Å². The average molecular weight is 435 g/mol. The number of amides is 1. The van der Waals surface area contributed by atoms with E-state index in [2.05, 4.69) is 4.98 Å². The number of furan rings is 1. The Morgan fingerprint density at radius 3 is 2.84 bits per heavy atom. The summed E-state index contributed by atoms with van der Waals surface area (Å²) in [5.41, 5.74) is 2.49. The fourth-order valence-corrected chi connectivity index (χ4v) is 3.82. The molecule has 8 nitrogen and oxygen atoms in total. The van der Waals surface area contributed by atoms with Crippen LogP contribution < -0.4 is 10.3 Å². The van der Waals surface area contributed by atoms with Gasteiger partial charge in [0.25, 0.3) is 5.56 Å². The fourth-order valence-electron chi connectivity index (χ4n) is 3.82. The maximum atomic E-state index is 12.9. The van der Waals surface area contributed by atoms with Crippen molar-refractivity contribution in [2.75, 3.05) is 6.54 Å². The molecule has 1 aliphatic heterocycles. The summed E-state index contributed by atoms with van der Waals surface area (Å²) in [4.78, 5) is 29.1. The largest absolute Gasteiger partial charge is 0.487 e. The number of benzene rings is 1. The molecule has 0 saturated heterocycles. The molecule has 1 N–H and O–H groups in total. The van der Waals surface area contributed by atoms with Crippen molar-refractivity contribution >= 4 is 17.1 Å². The van der Waals surface area contributed by atoms with Crippen LogP contribution in [0.25, 0.3) is 16.7 Å². The molecule has 162 valence electrons. The van der Waals surface area contributed by atoms with E-state index in [9.17, 15) is 19.1 Å². The third kappa shape index (κ3) is 3.68. The number of halogens is 1. The number of pyridine rings is 2. The van der Waals surface area contributed by atoms with Crippen molar-refractivity contribution in [1.82, 2.24) is 14.5 Å². The maximum absolute atomic E-state index is 12.9. The van der Waals surface area contributed by atoms with Gasteiger partial charge in [0.1, 0.15) is 29.5 Å². The first-order valence-corrected chi connectivity index (χ1v) is 9.96. The average Bonchev–Trinajstić information content (AvgIpc) is 3.15. The van der Waals surface area contributed by atoms with Gasteiger partial charge in [0.15, 0.2) is 0 Å². The Morgan fingerprint density at radius 1 is 1.22 bits per heavy atom. The Bertz CT molecular complexity index is 1380. The monoisotopic (exact) mass is 435 g/mol. The normalized spacial score (nSPS) is 13.2. The van der Waals surface area contributed by atoms with Crippen LogP contribution in [0.5, 0.6) is 5.75 Å². The minimum Gasteiger partial charge on any atom is -0.487 e. The van der Waals surface area contributed by atoms with Crippen LogP contribution in [0.15, 0.2) is 64.1 Å². The van der Waals surface area contributed by atoms with Gasteiger partial charge in [-0.2, -0.15) is 0 Å². The van der Waals surface area contributed by atoms with E-state index in [0.717, 1.165) is 17.1 Å². The number of aromatic nitrogens is 2. The Labute approximate surface area is 181 Å². The first-order valence-electron chi connectivity index (χ1n) is 9.96. The summed E-state index contributed by atoms with van der Waals surface area (Å²) in [5.74, 6) is 0.585. The molecule has 0 spiro atoms. The van der Waals surface area contributed by atoms with Gasteiger partial charge < -0.3 is 19.2 Å². The highest BCUT2D eigenvalue weighted by Gasteiger charge is 2.25. The smallest absolute Gasteiger partial charge is 0.407 e. The standard InChI is InChI=1S/C23H18FN3O5/c24-14-1-2-15(25-11-14)13-31-17-5-8-27(22(28)10-17)16-3-4-18-19-6-7-26(23(29)30)12-21(19)32-20(18)9-16/h1-5,8-11H,6-7,12-13H2,(H,29,30). The molecule has 9 heteroatoms. The number of hydrogen-bond donors (Lipinski definition) is 1. The van der Waals surface area contributed by atoms with Gasteiger partial charge in [0.2, 0.25) is 0 Å². The minimum absolute atomic E-state index is 0.112. The summed E-state index contributed by atoms with van der Waals surface area (Å²) in [6, 6.07) is 11.3. The number of nitrogens with zero attached hydrogens (tertiary/aromatic N) is 3. The molecule has 5 rings (SSSR count). The first-order chi connectivity index (χ1) is 15.5. The van der Waals surface area contributed by atoms with E-state index >= 15 is 0 Å². The summed E-state index contributed by atoms with van der Waals surface area (Å²) in [5, 5.41) is 10.1. The fraction of sp³-hybridized carbons (Fsp3) is 0.174. The van der Waals surface area contributed by atoms with Crippen LogP contribution >= 0.6 is 0 Å². The molecule has 1 amide bonds. The molecule has 0 atom stereocenters. The van der Waals surface area contributed by atoms with E-state index < -0.39 is 11.9 Å². The van der Waals surface area contributed by atoms with Gasteiger partial charge in [-0.1, -0.05) is 0 Å². The van der Waals surface area contributed by atoms with Crippen LogP contribution in [0.4, 0.5) is 9.18 Å². The molecule has 0 unspecified atom stereocenters. The summed E-state index contributed by atoms with van der Waals surface area (Å²) in [6.07, 6.45) is 2.33. The summed E-state index contributed by atoms with van der Waals surface area (Å²) in [7, 11) is 0. The van der Waals surface area contributed by atoms with Gasteiger partial charge in [0.05, 0.1) is 24.1 Å². The molecule has 0 bridgehead atoms. The SMILES string of the molecule is O=C(O)N1CCc2c(oc3cc(-n4ccc(OCc5ccc(F)cn5)cc4=O)ccc23)C1. The predicted octanol–water partition coefficient (Wildman–Crippen LogP) is 3.73. The van der Waals surface area contributed by atoms with E-state index in [1.165, 1.54) is 27.7 Å². The maximum Gasteiger partial charge on any atom is 0.407 e. The Morgan fingerprint density at radius 2 is 2.09 bits per heavy atom. The number of rotatable bonds is 4. The van der Waals surface area contributed by atoms with Crippen LogP contribution in [0.1, 0.15) is 17.0 Å². The molecule has 4 heterocycles. The van der Waals surface area contributed by atoms with Crippen LogP contribution in [0.2, 0.25) is 0 Å². The molecule has 32 heavy (non-hydrogen) atoms. The lowest BCUT2D eigenvalue weighted by Crippen LogP contribution is -2.34. The Hall–Kier alpha value is -4.14. The summed E-state index contributed by atoms with van der Waals surface area (Å²) in [6.45, 7) is 0.748. The van der Waals surface area contributed by atoms with Gasteiger partial charge in [-0.25, -0.2) is 9.18 Å². The molecule has 0 radical (unpaired) electrons. The van der Waals surface area contributed by atoms with Crippen molar-refractivity contribution in [2.45, 2.75) is 19.6 Å². The van der Waals surface area contributed by atoms with E-state index in [1.807, 2.05) is 12.1 Å². The first kappa shape index (κ1) is 19.8. The zero-order valence-corrected chi connectivity index (χ0v) is 16.8. The van der Waals surface area contributed by atoms with Crippen molar-refractivity contribution in [3.63, 3.8) is 0 Å². The topological polar surface area (TPSA) is 97.8 Å². The zero-order valence-electron chi connectivity index (χ0n) is 16.8. The lowest BCUT2D eigenvalue weighted by atomic mass is 10.0. The minimum atomic E-state index is -0.971. The lowest BCUT2D eigenvalue weighted by Gasteiger charge is -2.22. The molecular weight excluding hydrogens is 417 g/mol. The number of ether oxygens (including phenoxy) is 1. The lowest BCUT2D eigenvalue weighted by molar-refractivity contribution is 0.135. The van der Waals surface area contributed by atoms with Gasteiger partial charge in [-0.05, 0) is 36.8 Å². The summed E-state index contributed by atoms with van der Waals surface area (Å²) >= 11 is 0. The number of carbonyl (C=O) groups is 1. The van der Waals surface area contributed by atoms with Gasteiger partial charge in [0, 0.05) is 35.8 Å². The van der Waals surface area contributed by atoms with Crippen molar-refractivity contribution in [3.8, 4) is 11.4 Å². The second-order valence-corrected chi connectivity index (χ2v) is 7.47. The third-order valence-electron chi connectivity index (χ3n) is 5.44. The second-order valence-electron chi connectivity index (χ2n) is 7.47. The van der Waals surface area contributed by atoms with Crippen LogP contribution in [0.3, 0.4) is 0 Å². The van der Waals surface area contributed by atoms with E-state index in [4.69, 9.17) is 9.15 Å². The molecule has 0 aliphatic carbocycles. The number of hydrogen-bond acceptors (Lipinski definition) is 5. The predicted molar refractivity (Wildman–Crippen MR) is 112 cm³/mol. The second kappa shape index (κ2) is 7.84. The van der Waals surface area contributed by atoms with Gasteiger partial charge in [-0.3, -0.25) is 14.3 Å². The molecule has 1 aromatic carbocycles. The van der Waals surface area contributed by atoms with Crippen LogP contribution in [0, 0.1) is 5.82 Å². The molecule has 3 aromatic heterocycles. The van der Waals surface area contributed by atoms with Crippen LogP contribution in [-0.2, 0) is 19.6 Å². The Balaban J connectivity index is 1.38. The van der Waals surface area contributed by atoms with Crippen LogP contribution in [-0.4, -0.2) is 32.2 Å². The highest BCUT2D eigenvalue weighted by Crippen LogP contribution is 2.31. The van der Waals surface area contributed by atoms with E-state index in [0.29, 0.717) is 41.4 Å². The van der Waals surface area contributed by atoms with Crippen molar-refractivity contribution in [3.05, 3.63) is 88.0 Å². The van der Waals surface area contributed by atoms with Gasteiger partial charge >= 0.3 is 6.09 Å². The van der Waals surface area contributed by atoms with Crippen molar-refractivity contribution in [1.29, 1.82) is 0 Å². The Kier molecular flexibility index (Phi) is 4.85.